The van der Waals surface area contributed by atoms with E-state index in [9.17, 15) is 18.4 Å². The molecule has 0 atom stereocenters. The summed E-state index contributed by atoms with van der Waals surface area (Å²) in [5, 5.41) is 11.2. The summed E-state index contributed by atoms with van der Waals surface area (Å²) in [6, 6.07) is 7.32. The quantitative estimate of drug-likeness (QED) is 0.564. The van der Waals surface area contributed by atoms with Gasteiger partial charge in [-0.15, -0.1) is 0 Å². The highest BCUT2D eigenvalue weighted by molar-refractivity contribution is 7.89. The molecule has 138 valence electrons. The van der Waals surface area contributed by atoms with Crippen molar-refractivity contribution >= 4 is 39.1 Å². The third kappa shape index (κ3) is 3.64. The summed E-state index contributed by atoms with van der Waals surface area (Å²) < 4.78 is 27.4. The summed E-state index contributed by atoms with van der Waals surface area (Å²) in [6.07, 6.45) is 2.49. The summed E-state index contributed by atoms with van der Waals surface area (Å²) in [7, 11) is -3.80. The van der Waals surface area contributed by atoms with Crippen LogP contribution in [-0.2, 0) is 10.0 Å². The smallest absolute Gasteiger partial charge is 0.254 e. The van der Waals surface area contributed by atoms with E-state index in [1.165, 1.54) is 47.0 Å². The molecule has 1 aromatic heterocycles. The summed E-state index contributed by atoms with van der Waals surface area (Å²) in [5.74, 6) is -0.247. The van der Waals surface area contributed by atoms with E-state index < -0.39 is 10.0 Å². The number of rotatable bonds is 3. The van der Waals surface area contributed by atoms with Crippen LogP contribution in [0.25, 0.3) is 0 Å². The van der Waals surface area contributed by atoms with Gasteiger partial charge in [0.1, 0.15) is 4.90 Å². The zero-order chi connectivity index (χ0) is 18.9. The Labute approximate surface area is 161 Å². The second-order valence-corrected chi connectivity index (χ2v) is 8.39. The molecule has 7 nitrogen and oxygen atoms in total. The number of carbonyl (C=O) groups is 1. The number of carbonyl (C=O) groups excluding carboxylic acids is 1. The molecule has 3 rings (SSSR count). The molecule has 1 aliphatic heterocycles. The van der Waals surface area contributed by atoms with Gasteiger partial charge in [0, 0.05) is 38.3 Å². The van der Waals surface area contributed by atoms with Crippen LogP contribution < -0.4 is 4.73 Å². The highest BCUT2D eigenvalue weighted by atomic mass is 35.5. The molecule has 1 fully saturated rings. The number of nitrogens with zero attached hydrogens (tertiary/aromatic N) is 3. The van der Waals surface area contributed by atoms with Crippen molar-refractivity contribution in [1.29, 1.82) is 0 Å². The summed E-state index contributed by atoms with van der Waals surface area (Å²) in [5.41, 5.74) is 0.381. The van der Waals surface area contributed by atoms with Gasteiger partial charge in [0.05, 0.1) is 15.6 Å². The second-order valence-electron chi connectivity index (χ2n) is 5.69. The fraction of sp³-hybridized carbons (Fsp3) is 0.250. The molecular weight excluding hydrogens is 401 g/mol. The van der Waals surface area contributed by atoms with Crippen molar-refractivity contribution in [2.45, 2.75) is 4.90 Å². The van der Waals surface area contributed by atoms with Crippen LogP contribution in [-0.4, -0.2) is 49.7 Å². The number of amides is 1. The molecule has 1 aromatic carbocycles. The molecule has 10 heteroatoms. The molecule has 1 aliphatic rings. The Morgan fingerprint density at radius 3 is 2.27 bits per heavy atom. The normalized spacial score (nSPS) is 15.8. The van der Waals surface area contributed by atoms with E-state index in [4.69, 9.17) is 23.2 Å². The van der Waals surface area contributed by atoms with Crippen molar-refractivity contribution < 1.29 is 17.9 Å². The van der Waals surface area contributed by atoms with E-state index in [0.29, 0.717) is 10.3 Å². The van der Waals surface area contributed by atoms with E-state index in [0.717, 1.165) is 0 Å². The molecule has 2 aromatic rings. The van der Waals surface area contributed by atoms with E-state index in [1.807, 2.05) is 0 Å². The van der Waals surface area contributed by atoms with Crippen molar-refractivity contribution in [2.75, 3.05) is 26.2 Å². The minimum absolute atomic E-state index is 0.0112. The molecule has 0 bridgehead atoms. The molecule has 0 aliphatic carbocycles. The minimum atomic E-state index is -3.80. The Morgan fingerprint density at radius 1 is 1.04 bits per heavy atom. The number of piperazine rings is 1. The Morgan fingerprint density at radius 2 is 1.65 bits per heavy atom. The highest BCUT2D eigenvalue weighted by Gasteiger charge is 2.32. The molecule has 0 unspecified atom stereocenters. The fourth-order valence-electron chi connectivity index (χ4n) is 2.69. The Hall–Kier alpha value is -1.87. The first kappa shape index (κ1) is 18.9. The van der Waals surface area contributed by atoms with Crippen molar-refractivity contribution in [3.63, 3.8) is 0 Å². The van der Waals surface area contributed by atoms with E-state index in [-0.39, 0.29) is 47.0 Å². The van der Waals surface area contributed by atoms with E-state index in [2.05, 4.69) is 0 Å². The standard InChI is InChI=1S/C16H15Cl2N3O4S/c17-13-2-1-3-14(15(13)18)26(24,25)21-10-8-19(9-11-21)16(22)12-4-6-20(23)7-5-12/h1-7H,8-11H2. The Bertz CT molecular complexity index is 927. The number of benzene rings is 1. The maximum atomic E-state index is 12.8. The fourth-order valence-corrected chi connectivity index (χ4v) is 4.85. The van der Waals surface area contributed by atoms with Crippen LogP contribution in [0.2, 0.25) is 10.0 Å². The van der Waals surface area contributed by atoms with Gasteiger partial charge in [-0.05, 0) is 12.1 Å². The zero-order valence-electron chi connectivity index (χ0n) is 13.5. The third-order valence-corrected chi connectivity index (χ3v) is 6.98. The number of aromatic nitrogens is 1. The third-order valence-electron chi connectivity index (χ3n) is 4.11. The van der Waals surface area contributed by atoms with Gasteiger partial charge in [0.25, 0.3) is 5.91 Å². The molecular formula is C16H15Cl2N3O4S. The maximum Gasteiger partial charge on any atom is 0.254 e. The summed E-state index contributed by atoms with van der Waals surface area (Å²) >= 11 is 11.9. The molecule has 1 amide bonds. The number of hydrogen-bond acceptors (Lipinski definition) is 4. The lowest BCUT2D eigenvalue weighted by molar-refractivity contribution is -0.605. The number of hydrogen-bond donors (Lipinski definition) is 0. The summed E-state index contributed by atoms with van der Waals surface area (Å²) in [4.78, 5) is 13.9. The topological polar surface area (TPSA) is 84.6 Å². The monoisotopic (exact) mass is 415 g/mol. The lowest BCUT2D eigenvalue weighted by Gasteiger charge is -2.34. The van der Waals surface area contributed by atoms with Gasteiger partial charge >= 0.3 is 0 Å². The first-order chi connectivity index (χ1) is 12.3. The van der Waals surface area contributed by atoms with E-state index in [1.54, 1.807) is 4.90 Å². The van der Waals surface area contributed by atoms with Gasteiger partial charge in [0.2, 0.25) is 10.0 Å². The number of sulfonamides is 1. The zero-order valence-corrected chi connectivity index (χ0v) is 15.8. The SMILES string of the molecule is O=C(c1cc[n+]([O-])cc1)N1CCN(S(=O)(=O)c2cccc(Cl)c2Cl)CC1. The van der Waals surface area contributed by atoms with Gasteiger partial charge in [0.15, 0.2) is 12.4 Å². The first-order valence-corrected chi connectivity index (χ1v) is 9.92. The van der Waals surface area contributed by atoms with Crippen LogP contribution in [0, 0.1) is 5.21 Å². The molecule has 1 saturated heterocycles. The number of halogens is 2. The first-order valence-electron chi connectivity index (χ1n) is 7.73. The van der Waals surface area contributed by atoms with Crippen molar-refractivity contribution in [2.24, 2.45) is 0 Å². The predicted octanol–water partition coefficient (Wildman–Crippen LogP) is 1.77. The average molecular weight is 416 g/mol. The van der Waals surface area contributed by atoms with E-state index >= 15 is 0 Å². The Kier molecular flexibility index (Phi) is 5.38. The molecule has 0 radical (unpaired) electrons. The summed E-state index contributed by atoms with van der Waals surface area (Å²) in [6.45, 7) is 0.766. The molecule has 26 heavy (non-hydrogen) atoms. The van der Waals surface area contributed by atoms with Crippen LogP contribution in [0.5, 0.6) is 0 Å². The number of pyridine rings is 1. The van der Waals surface area contributed by atoms with Crippen molar-refractivity contribution in [3.8, 4) is 0 Å². The average Bonchev–Trinajstić information content (AvgIpc) is 2.64. The van der Waals surface area contributed by atoms with Crippen molar-refractivity contribution in [1.82, 2.24) is 9.21 Å². The molecule has 0 spiro atoms. The highest BCUT2D eigenvalue weighted by Crippen LogP contribution is 2.31. The largest absolute Gasteiger partial charge is 0.619 e. The molecule has 0 saturated carbocycles. The van der Waals surface area contributed by atoms with Gasteiger partial charge in [-0.3, -0.25) is 4.79 Å². The predicted molar refractivity (Wildman–Crippen MR) is 96.5 cm³/mol. The molecule has 0 N–H and O–H groups in total. The van der Waals surface area contributed by atoms with Crippen LogP contribution in [0.1, 0.15) is 10.4 Å². The van der Waals surface area contributed by atoms with Crippen LogP contribution in [0.4, 0.5) is 0 Å². The van der Waals surface area contributed by atoms with Crippen LogP contribution in [0.15, 0.2) is 47.6 Å². The van der Waals surface area contributed by atoms with Gasteiger partial charge < -0.3 is 10.1 Å². The lowest BCUT2D eigenvalue weighted by atomic mass is 10.2. The molecule has 2 heterocycles. The van der Waals surface area contributed by atoms with Crippen LogP contribution >= 0.6 is 23.2 Å². The maximum absolute atomic E-state index is 12.8. The van der Waals surface area contributed by atoms with Gasteiger partial charge in [-0.1, -0.05) is 29.3 Å². The minimum Gasteiger partial charge on any atom is -0.619 e. The van der Waals surface area contributed by atoms with Gasteiger partial charge in [-0.25, -0.2) is 8.42 Å². The van der Waals surface area contributed by atoms with Crippen LogP contribution in [0.3, 0.4) is 0 Å². The van der Waals surface area contributed by atoms with Crippen molar-refractivity contribution in [3.05, 3.63) is 63.5 Å². The second kappa shape index (κ2) is 7.40. The van der Waals surface area contributed by atoms with Gasteiger partial charge in [-0.2, -0.15) is 9.04 Å². The lowest BCUT2D eigenvalue weighted by Crippen LogP contribution is -2.50. The Balaban J connectivity index is 1.72.